The average Bonchev–Trinajstić information content (AvgIpc) is 3.78. The molecule has 46 heavy (non-hydrogen) atoms. The number of pyridine rings is 1. The Hall–Kier alpha value is -4.35. The van der Waals surface area contributed by atoms with Crippen LogP contribution in [0.4, 0.5) is 0 Å². The van der Waals surface area contributed by atoms with Gasteiger partial charge in [-0.25, -0.2) is 14.4 Å². The smallest absolute Gasteiger partial charge is 0.339 e. The van der Waals surface area contributed by atoms with E-state index in [-0.39, 0.29) is 49.0 Å². The lowest BCUT2D eigenvalue weighted by Crippen LogP contribution is -2.39. The van der Waals surface area contributed by atoms with E-state index in [0.717, 1.165) is 33.4 Å². The van der Waals surface area contributed by atoms with Crippen molar-refractivity contribution >= 4 is 17.9 Å². The SMILES string of the molecule is COC(=O)C1=CN(C)[C@@H](c2cc([C@H]3[C@@H]4C(CO)=CC[C@@H]4C(C(=O)OC)=CN3C)c3c(C(=O)OC)cn(C)cc2-3)[C@@H]2C(CO)=CC[C@H]12. The summed E-state index contributed by atoms with van der Waals surface area (Å²) in [5.41, 5.74) is 6.55. The molecule has 0 fully saturated rings. The van der Waals surface area contributed by atoms with Crippen LogP contribution >= 0.6 is 0 Å². The summed E-state index contributed by atoms with van der Waals surface area (Å²) in [6, 6.07) is 1.50. The Labute approximate surface area is 268 Å². The molecule has 2 N–H and O–H groups in total. The number of aliphatic hydroxyl groups is 2. The number of hydrogen-bond donors (Lipinski definition) is 2. The molecule has 0 saturated carbocycles. The number of carbonyl (C=O) groups is 3. The number of aliphatic hydroxyl groups excluding tert-OH is 2. The second kappa shape index (κ2) is 12.1. The zero-order valence-electron chi connectivity index (χ0n) is 27.0. The van der Waals surface area contributed by atoms with Gasteiger partial charge in [0.15, 0.2) is 0 Å². The van der Waals surface area contributed by atoms with E-state index in [1.165, 1.54) is 21.3 Å². The zero-order chi connectivity index (χ0) is 33.0. The maximum absolute atomic E-state index is 13.4. The minimum atomic E-state index is -0.482. The van der Waals surface area contributed by atoms with Gasteiger partial charge < -0.3 is 38.8 Å². The van der Waals surface area contributed by atoms with E-state index < -0.39 is 17.9 Å². The number of fused-ring (bicyclic) bond motifs is 3. The largest absolute Gasteiger partial charge is 0.466 e. The first-order chi connectivity index (χ1) is 22.1. The molecule has 0 saturated heterocycles. The number of aryl methyl sites for hydroxylation is 1. The molecule has 3 heterocycles. The van der Waals surface area contributed by atoms with Crippen molar-refractivity contribution in [2.24, 2.45) is 30.7 Å². The molecule has 6 atom stereocenters. The first-order valence-electron chi connectivity index (χ1n) is 15.4. The lowest BCUT2D eigenvalue weighted by Gasteiger charge is -2.42. The third kappa shape index (κ3) is 4.75. The number of esters is 3. The summed E-state index contributed by atoms with van der Waals surface area (Å²) in [6.07, 6.45) is 12.6. The van der Waals surface area contributed by atoms with Gasteiger partial charge in [-0.1, -0.05) is 18.2 Å². The van der Waals surface area contributed by atoms with Crippen LogP contribution in [0.3, 0.4) is 0 Å². The van der Waals surface area contributed by atoms with Crippen molar-refractivity contribution in [3.8, 4) is 11.1 Å². The summed E-state index contributed by atoms with van der Waals surface area (Å²) < 4.78 is 17.4. The Morgan fingerprint density at radius 2 is 1.22 bits per heavy atom. The van der Waals surface area contributed by atoms with Gasteiger partial charge in [0.05, 0.1) is 63.3 Å². The maximum Gasteiger partial charge on any atom is 0.339 e. The highest BCUT2D eigenvalue weighted by Gasteiger charge is 2.50. The van der Waals surface area contributed by atoms with Crippen LogP contribution in [0, 0.1) is 23.7 Å². The molecule has 6 rings (SSSR count). The quantitative estimate of drug-likeness (QED) is 0.267. The van der Waals surface area contributed by atoms with E-state index in [9.17, 15) is 24.6 Å². The molecule has 0 unspecified atom stereocenters. The van der Waals surface area contributed by atoms with Crippen LogP contribution in [0.2, 0.25) is 0 Å². The van der Waals surface area contributed by atoms with Crippen molar-refractivity contribution in [3.05, 3.63) is 82.0 Å². The molecular weight excluding hydrogens is 590 g/mol. The molecule has 244 valence electrons. The van der Waals surface area contributed by atoms with Crippen LogP contribution in [-0.2, 0) is 30.8 Å². The zero-order valence-corrected chi connectivity index (χ0v) is 27.0. The number of aromatic nitrogens is 1. The predicted octanol–water partition coefficient (Wildman–Crippen LogP) is 3.11. The van der Waals surface area contributed by atoms with Gasteiger partial charge in [0.25, 0.3) is 0 Å². The fourth-order valence-electron chi connectivity index (χ4n) is 8.54. The topological polar surface area (TPSA) is 131 Å². The Kier molecular flexibility index (Phi) is 8.32. The van der Waals surface area contributed by atoms with Crippen LogP contribution in [0.5, 0.6) is 0 Å². The van der Waals surface area contributed by atoms with Gasteiger partial charge in [-0.05, 0) is 35.1 Å². The number of allylic oxidation sites excluding steroid dienone is 2. The molecule has 6 aliphatic rings. The van der Waals surface area contributed by atoms with Gasteiger partial charge in [0.2, 0.25) is 0 Å². The number of rotatable bonds is 7. The van der Waals surface area contributed by atoms with E-state index in [4.69, 9.17) is 14.2 Å². The van der Waals surface area contributed by atoms with Crippen molar-refractivity contribution in [2.45, 2.75) is 24.9 Å². The summed E-state index contributed by atoms with van der Waals surface area (Å²) in [5.74, 6) is -2.16. The highest BCUT2D eigenvalue weighted by Crippen LogP contribution is 2.57. The molecule has 0 aromatic rings. The molecule has 0 amide bonds. The molecular formula is C35H41N3O8. The standard InChI is InChI=1S/C35H41N3O8/c1-36-12-24-22(31-28-18(16-39)7-9-20(28)25(14-37(31)2)33(41)44-4)11-23(30(24)27(13-36)35(43)46-6)32-29-19(17-40)8-10-21(29)26(15-38(32)3)34(42)45-5/h7-8,11-15,20-21,28-29,31-32,39-40H,9-10,16-17H2,1-6H3/t20-,21-,28-,29-,31+,32+/m1/s1. The number of nitrogens with zero attached hydrogens (tertiary/aromatic N) is 3. The Morgan fingerprint density at radius 1 is 0.739 bits per heavy atom. The summed E-state index contributed by atoms with van der Waals surface area (Å²) >= 11 is 0. The molecule has 3 aliphatic heterocycles. The third-order valence-corrected chi connectivity index (χ3v) is 10.4. The Bertz CT molecular complexity index is 1680. The van der Waals surface area contributed by atoms with Gasteiger partial charge in [-0.2, -0.15) is 0 Å². The molecule has 11 heteroatoms. The van der Waals surface area contributed by atoms with Crippen LogP contribution in [0.25, 0.3) is 11.1 Å². The summed E-state index contributed by atoms with van der Waals surface area (Å²) in [6.45, 7) is -0.307. The fourth-order valence-corrected chi connectivity index (χ4v) is 8.54. The van der Waals surface area contributed by atoms with Crippen molar-refractivity contribution < 1.29 is 38.8 Å². The lowest BCUT2D eigenvalue weighted by atomic mass is 9.74. The van der Waals surface area contributed by atoms with Crippen LogP contribution in [-0.4, -0.2) is 91.1 Å². The molecule has 3 aliphatic carbocycles. The molecule has 0 aromatic heterocycles. The first-order valence-corrected chi connectivity index (χ1v) is 15.4. The fraction of sp³-hybridized carbons (Fsp3) is 0.457. The van der Waals surface area contributed by atoms with Crippen molar-refractivity contribution in [2.75, 3.05) is 48.6 Å². The lowest BCUT2D eigenvalue weighted by molar-refractivity contribution is -0.138. The highest BCUT2D eigenvalue weighted by atomic mass is 16.5. The van der Waals surface area contributed by atoms with Crippen molar-refractivity contribution in [1.82, 2.24) is 14.4 Å². The molecule has 0 bridgehead atoms. The van der Waals surface area contributed by atoms with Crippen LogP contribution < -0.4 is 0 Å². The van der Waals surface area contributed by atoms with E-state index in [0.29, 0.717) is 29.6 Å². The number of ether oxygens (including phenoxy) is 3. The second-order valence-electron chi connectivity index (χ2n) is 12.7. The molecule has 0 aromatic carbocycles. The van der Waals surface area contributed by atoms with Crippen LogP contribution in [0.1, 0.15) is 46.4 Å². The number of methoxy groups -OCH3 is 3. The van der Waals surface area contributed by atoms with Crippen LogP contribution in [0.15, 0.2) is 65.3 Å². The third-order valence-electron chi connectivity index (χ3n) is 10.4. The summed E-state index contributed by atoms with van der Waals surface area (Å²) in [5, 5.41) is 20.9. The predicted molar refractivity (Wildman–Crippen MR) is 168 cm³/mol. The molecule has 0 radical (unpaired) electrons. The van der Waals surface area contributed by atoms with E-state index in [1.807, 2.05) is 66.3 Å². The van der Waals surface area contributed by atoms with Gasteiger partial charge in [0, 0.05) is 80.7 Å². The molecule has 11 nitrogen and oxygen atoms in total. The van der Waals surface area contributed by atoms with Crippen molar-refractivity contribution in [3.63, 3.8) is 0 Å². The number of hydrogen-bond acceptors (Lipinski definition) is 10. The Morgan fingerprint density at radius 3 is 1.67 bits per heavy atom. The second-order valence-corrected chi connectivity index (χ2v) is 12.7. The van der Waals surface area contributed by atoms with Gasteiger partial charge in [0.1, 0.15) is 0 Å². The van der Waals surface area contributed by atoms with E-state index >= 15 is 0 Å². The monoisotopic (exact) mass is 631 g/mol. The van der Waals surface area contributed by atoms with Gasteiger partial charge >= 0.3 is 17.9 Å². The summed E-state index contributed by atoms with van der Waals surface area (Å²) in [4.78, 5) is 43.2. The highest BCUT2D eigenvalue weighted by molar-refractivity contribution is 6.00. The summed E-state index contributed by atoms with van der Waals surface area (Å²) in [7, 11) is 9.77. The minimum absolute atomic E-state index is 0.145. The number of carbonyl (C=O) groups excluding carboxylic acids is 3. The van der Waals surface area contributed by atoms with Crippen molar-refractivity contribution in [1.29, 1.82) is 0 Å². The van der Waals surface area contributed by atoms with Gasteiger partial charge in [-0.3, -0.25) is 0 Å². The maximum atomic E-state index is 13.4. The average molecular weight is 632 g/mol. The van der Waals surface area contributed by atoms with E-state index in [2.05, 4.69) is 6.07 Å². The normalized spacial score (nSPS) is 27.0. The minimum Gasteiger partial charge on any atom is -0.466 e. The van der Waals surface area contributed by atoms with E-state index in [1.54, 1.807) is 6.20 Å². The van der Waals surface area contributed by atoms with Gasteiger partial charge in [-0.15, -0.1) is 0 Å². The first kappa shape index (κ1) is 31.6. The Balaban J connectivity index is 1.61. The molecule has 0 spiro atoms.